The van der Waals surface area contributed by atoms with Gasteiger partial charge in [0.1, 0.15) is 11.8 Å². The SMILES string of the molecule is O=[N+]([O-])c1cnc2ccc(NC[C@]3(O)CCCc4ccccc43)nn12. The fourth-order valence-corrected chi connectivity index (χ4v) is 3.40. The maximum absolute atomic E-state index is 11.1. The van der Waals surface area contributed by atoms with E-state index in [-0.39, 0.29) is 12.4 Å². The number of imidazole rings is 1. The highest BCUT2D eigenvalue weighted by molar-refractivity contribution is 5.48. The predicted molar refractivity (Wildman–Crippen MR) is 91.4 cm³/mol. The van der Waals surface area contributed by atoms with Gasteiger partial charge < -0.3 is 20.5 Å². The van der Waals surface area contributed by atoms with Crippen LogP contribution in [0.15, 0.2) is 42.6 Å². The fraction of sp³-hybridized carbons (Fsp3) is 0.294. The number of anilines is 1. The molecule has 0 bridgehead atoms. The topological polar surface area (TPSA) is 106 Å². The molecule has 0 radical (unpaired) electrons. The number of rotatable bonds is 4. The minimum atomic E-state index is -0.980. The third kappa shape index (κ3) is 2.70. The van der Waals surface area contributed by atoms with Crippen molar-refractivity contribution in [1.82, 2.24) is 14.6 Å². The smallest absolute Gasteiger partial charge is 0.368 e. The average molecular weight is 339 g/mol. The Bertz CT molecular complexity index is 954. The highest BCUT2D eigenvalue weighted by Gasteiger charge is 2.34. The van der Waals surface area contributed by atoms with Crippen LogP contribution in [0.3, 0.4) is 0 Å². The zero-order chi connectivity index (χ0) is 17.4. The van der Waals surface area contributed by atoms with Gasteiger partial charge in [0.15, 0.2) is 5.82 Å². The molecule has 2 aromatic heterocycles. The van der Waals surface area contributed by atoms with Crippen LogP contribution < -0.4 is 5.32 Å². The van der Waals surface area contributed by atoms with Gasteiger partial charge in [0.2, 0.25) is 5.65 Å². The minimum absolute atomic E-state index is 0.194. The van der Waals surface area contributed by atoms with Gasteiger partial charge in [-0.25, -0.2) is 4.98 Å². The number of hydrogen-bond donors (Lipinski definition) is 2. The summed E-state index contributed by atoms with van der Waals surface area (Å²) in [6.45, 7) is 0.283. The van der Waals surface area contributed by atoms with Crippen molar-refractivity contribution in [3.63, 3.8) is 0 Å². The van der Waals surface area contributed by atoms with Crippen LogP contribution in [0.1, 0.15) is 24.0 Å². The van der Waals surface area contributed by atoms with E-state index in [1.807, 2.05) is 24.3 Å². The molecule has 0 fully saturated rings. The lowest BCUT2D eigenvalue weighted by molar-refractivity contribution is -0.391. The Kier molecular flexibility index (Phi) is 3.61. The molecular weight excluding hydrogens is 322 g/mol. The van der Waals surface area contributed by atoms with Crippen molar-refractivity contribution < 1.29 is 10.0 Å². The van der Waals surface area contributed by atoms with Gasteiger partial charge in [-0.3, -0.25) is 0 Å². The molecule has 1 aliphatic rings. The number of nitrogens with zero attached hydrogens (tertiary/aromatic N) is 4. The molecule has 2 N–H and O–H groups in total. The van der Waals surface area contributed by atoms with Crippen LogP contribution in [0.5, 0.6) is 0 Å². The molecule has 0 spiro atoms. The van der Waals surface area contributed by atoms with Crippen LogP contribution in [0.4, 0.5) is 11.6 Å². The van der Waals surface area contributed by atoms with Gasteiger partial charge >= 0.3 is 5.82 Å². The Balaban J connectivity index is 1.60. The summed E-state index contributed by atoms with van der Waals surface area (Å²) in [5, 5.41) is 29.4. The Morgan fingerprint density at radius 2 is 2.16 bits per heavy atom. The highest BCUT2D eigenvalue weighted by atomic mass is 16.6. The second-order valence-electron chi connectivity index (χ2n) is 6.26. The Morgan fingerprint density at radius 3 is 3.00 bits per heavy atom. The minimum Gasteiger partial charge on any atom is -0.383 e. The van der Waals surface area contributed by atoms with Gasteiger partial charge in [0.05, 0.1) is 0 Å². The molecule has 1 aliphatic carbocycles. The van der Waals surface area contributed by atoms with Crippen molar-refractivity contribution in [2.24, 2.45) is 0 Å². The monoisotopic (exact) mass is 339 g/mol. The van der Waals surface area contributed by atoms with E-state index in [4.69, 9.17) is 0 Å². The third-order valence-corrected chi connectivity index (χ3v) is 4.65. The number of aromatic nitrogens is 3. The van der Waals surface area contributed by atoms with Gasteiger partial charge in [0, 0.05) is 12.6 Å². The highest BCUT2D eigenvalue weighted by Crippen LogP contribution is 2.35. The van der Waals surface area contributed by atoms with Gasteiger partial charge in [-0.1, -0.05) is 33.9 Å². The quantitative estimate of drug-likeness (QED) is 0.558. The van der Waals surface area contributed by atoms with Gasteiger partial charge in [0.25, 0.3) is 0 Å². The zero-order valence-corrected chi connectivity index (χ0v) is 13.4. The number of nitro groups is 1. The molecule has 0 saturated heterocycles. The first kappa shape index (κ1) is 15.5. The summed E-state index contributed by atoms with van der Waals surface area (Å²) in [6, 6.07) is 11.2. The van der Waals surface area contributed by atoms with Crippen LogP contribution in [0.25, 0.3) is 5.65 Å². The van der Waals surface area contributed by atoms with E-state index in [0.717, 1.165) is 24.0 Å². The lowest BCUT2D eigenvalue weighted by Crippen LogP contribution is -2.37. The number of fused-ring (bicyclic) bond motifs is 2. The number of nitrogens with one attached hydrogen (secondary N) is 1. The van der Waals surface area contributed by atoms with Crippen LogP contribution in [-0.2, 0) is 12.0 Å². The van der Waals surface area contributed by atoms with Crippen LogP contribution in [0, 0.1) is 10.1 Å². The first-order valence-electron chi connectivity index (χ1n) is 8.11. The van der Waals surface area contributed by atoms with E-state index in [2.05, 4.69) is 15.4 Å². The summed E-state index contributed by atoms with van der Waals surface area (Å²) >= 11 is 0. The van der Waals surface area contributed by atoms with Gasteiger partial charge in [-0.15, -0.1) is 0 Å². The van der Waals surface area contributed by atoms with Gasteiger partial charge in [-0.2, -0.15) is 0 Å². The molecule has 2 heterocycles. The van der Waals surface area contributed by atoms with Crippen LogP contribution in [0.2, 0.25) is 0 Å². The molecule has 8 heteroatoms. The second-order valence-corrected chi connectivity index (χ2v) is 6.26. The van der Waals surface area contributed by atoms with E-state index in [9.17, 15) is 15.2 Å². The molecule has 25 heavy (non-hydrogen) atoms. The van der Waals surface area contributed by atoms with Crippen LogP contribution in [-0.4, -0.2) is 31.2 Å². The van der Waals surface area contributed by atoms with E-state index in [1.165, 1.54) is 10.7 Å². The maximum Gasteiger partial charge on any atom is 0.368 e. The molecule has 0 aliphatic heterocycles. The molecule has 0 amide bonds. The second kappa shape index (κ2) is 5.82. The summed E-state index contributed by atoms with van der Waals surface area (Å²) in [6.07, 6.45) is 3.71. The number of hydrogen-bond acceptors (Lipinski definition) is 6. The average Bonchev–Trinajstić information content (AvgIpc) is 3.04. The number of benzene rings is 1. The molecule has 3 aromatic rings. The molecule has 1 aromatic carbocycles. The van der Waals surface area contributed by atoms with E-state index in [0.29, 0.717) is 17.9 Å². The zero-order valence-electron chi connectivity index (χ0n) is 13.4. The normalized spacial score (nSPS) is 19.6. The lowest BCUT2D eigenvalue weighted by atomic mass is 9.79. The summed E-state index contributed by atoms with van der Waals surface area (Å²) in [5.41, 5.74) is 1.51. The number of aryl methyl sites for hydroxylation is 1. The first-order valence-corrected chi connectivity index (χ1v) is 8.11. The van der Waals surface area contributed by atoms with Crippen molar-refractivity contribution in [2.45, 2.75) is 24.9 Å². The summed E-state index contributed by atoms with van der Waals surface area (Å²) in [4.78, 5) is 14.5. The molecule has 0 saturated carbocycles. The Hall–Kier alpha value is -3.00. The van der Waals surface area contributed by atoms with Crippen molar-refractivity contribution in [3.8, 4) is 0 Å². The molecular formula is C17H17N5O3. The molecule has 128 valence electrons. The van der Waals surface area contributed by atoms with E-state index in [1.54, 1.807) is 12.1 Å². The third-order valence-electron chi connectivity index (χ3n) is 4.65. The number of aliphatic hydroxyl groups is 1. The summed E-state index contributed by atoms with van der Waals surface area (Å²) in [5.74, 6) is 0.255. The first-order chi connectivity index (χ1) is 12.1. The summed E-state index contributed by atoms with van der Waals surface area (Å²) < 4.78 is 1.18. The van der Waals surface area contributed by atoms with E-state index >= 15 is 0 Å². The standard InChI is InChI=1S/C17H17N5O3/c23-17(9-3-5-12-4-1-2-6-13(12)17)11-19-14-7-8-15-18-10-16(22(24)25)21(15)20-14/h1-2,4,6-8,10,23H,3,5,9,11H2,(H,19,20)/t17-/m1/s1. The lowest BCUT2D eigenvalue weighted by Gasteiger charge is -2.34. The molecule has 0 unspecified atom stereocenters. The largest absolute Gasteiger partial charge is 0.383 e. The predicted octanol–water partition coefficient (Wildman–Crippen LogP) is 2.27. The Morgan fingerprint density at radius 1 is 1.32 bits per heavy atom. The van der Waals surface area contributed by atoms with Crippen molar-refractivity contribution in [3.05, 3.63) is 63.8 Å². The Labute approximate surface area is 143 Å². The van der Waals surface area contributed by atoms with Gasteiger partial charge in [-0.05, 0) is 41.4 Å². The molecule has 8 nitrogen and oxygen atoms in total. The molecule has 1 atom stereocenters. The fourth-order valence-electron chi connectivity index (χ4n) is 3.40. The van der Waals surface area contributed by atoms with Crippen LogP contribution >= 0.6 is 0 Å². The van der Waals surface area contributed by atoms with Crippen molar-refractivity contribution >= 4 is 17.3 Å². The van der Waals surface area contributed by atoms with Crippen molar-refractivity contribution in [1.29, 1.82) is 0 Å². The maximum atomic E-state index is 11.1. The molecule has 4 rings (SSSR count). The summed E-state index contributed by atoms with van der Waals surface area (Å²) in [7, 11) is 0. The van der Waals surface area contributed by atoms with Crippen molar-refractivity contribution in [2.75, 3.05) is 11.9 Å². The van der Waals surface area contributed by atoms with E-state index < -0.39 is 10.5 Å².